The zero-order chi connectivity index (χ0) is 10.4. The van der Waals surface area contributed by atoms with Gasteiger partial charge in [-0.15, -0.1) is 0 Å². The van der Waals surface area contributed by atoms with Gasteiger partial charge in [-0.25, -0.2) is 0 Å². The molecule has 3 nitrogen and oxygen atoms in total. The minimum Gasteiger partial charge on any atom is -0.484 e. The van der Waals surface area contributed by atoms with Crippen molar-refractivity contribution < 1.29 is 9.53 Å². The topological polar surface area (TPSA) is 39.2 Å². The molecule has 0 bridgehead atoms. The van der Waals surface area contributed by atoms with Gasteiger partial charge in [0.05, 0.1) is 6.20 Å². The second kappa shape index (κ2) is 5.75. The monoisotopic (exact) mass is 257 g/mol. The molecule has 0 aliphatic carbocycles. The molecular weight excluding hydrogens is 246 g/mol. The molecule has 0 aliphatic heterocycles. The molecule has 0 aromatic carbocycles. The Bertz CT molecular complexity index is 315. The highest BCUT2D eigenvalue weighted by Crippen LogP contribution is 2.15. The second-order valence-corrected chi connectivity index (χ2v) is 3.83. The minimum absolute atomic E-state index is 0.118. The van der Waals surface area contributed by atoms with Crippen molar-refractivity contribution in [1.82, 2.24) is 4.98 Å². The maximum absolute atomic E-state index is 11.1. The lowest BCUT2D eigenvalue weighted by molar-refractivity contribution is -0.121. The van der Waals surface area contributed by atoms with E-state index in [4.69, 9.17) is 4.74 Å². The summed E-state index contributed by atoms with van der Waals surface area (Å²) in [6, 6.07) is 1.78. The number of rotatable bonds is 5. The lowest BCUT2D eigenvalue weighted by atomic mass is 10.2. The fourth-order valence-corrected chi connectivity index (χ4v) is 1.33. The molecule has 76 valence electrons. The number of carbonyl (C=O) groups is 1. The summed E-state index contributed by atoms with van der Waals surface area (Å²) in [5, 5.41) is 0. The van der Waals surface area contributed by atoms with Crippen LogP contribution < -0.4 is 4.74 Å². The first-order chi connectivity index (χ1) is 6.72. The summed E-state index contributed by atoms with van der Waals surface area (Å²) in [4.78, 5) is 15.1. The Hall–Kier alpha value is -0.900. The van der Waals surface area contributed by atoms with Gasteiger partial charge in [0.15, 0.2) is 5.78 Å². The smallest absolute Gasteiger partial charge is 0.170 e. The maximum atomic E-state index is 11.1. The van der Waals surface area contributed by atoms with Crippen LogP contribution in [-0.2, 0) is 4.79 Å². The normalized spacial score (nSPS) is 9.86. The molecule has 1 aromatic rings. The van der Waals surface area contributed by atoms with Crippen LogP contribution in [0.1, 0.15) is 19.8 Å². The summed E-state index contributed by atoms with van der Waals surface area (Å²) in [5.74, 6) is 0.733. The molecule has 0 unspecified atom stereocenters. The van der Waals surface area contributed by atoms with E-state index in [1.807, 2.05) is 6.92 Å². The molecule has 0 aliphatic rings. The fourth-order valence-electron chi connectivity index (χ4n) is 0.986. The molecule has 14 heavy (non-hydrogen) atoms. The van der Waals surface area contributed by atoms with Crippen LogP contribution in [0.3, 0.4) is 0 Å². The number of nitrogens with zero attached hydrogens (tertiary/aromatic N) is 1. The van der Waals surface area contributed by atoms with Crippen molar-refractivity contribution in [3.05, 3.63) is 22.9 Å². The first-order valence-electron chi connectivity index (χ1n) is 4.47. The Morgan fingerprint density at radius 1 is 1.57 bits per heavy atom. The number of pyridine rings is 1. The largest absolute Gasteiger partial charge is 0.484 e. The fraction of sp³-hybridized carbons (Fsp3) is 0.400. The van der Waals surface area contributed by atoms with Crippen LogP contribution in [0.25, 0.3) is 0 Å². The zero-order valence-corrected chi connectivity index (χ0v) is 9.58. The molecular formula is C10H12BrNO2. The number of hydrogen-bond donors (Lipinski definition) is 0. The van der Waals surface area contributed by atoms with Crippen LogP contribution in [0.2, 0.25) is 0 Å². The van der Waals surface area contributed by atoms with Gasteiger partial charge in [-0.2, -0.15) is 0 Å². The van der Waals surface area contributed by atoms with Gasteiger partial charge in [0.2, 0.25) is 0 Å². The molecule has 0 fully saturated rings. The Morgan fingerprint density at radius 3 is 3.00 bits per heavy atom. The van der Waals surface area contributed by atoms with E-state index >= 15 is 0 Å². The summed E-state index contributed by atoms with van der Waals surface area (Å²) in [5.41, 5.74) is 0. The minimum atomic E-state index is 0.118. The zero-order valence-electron chi connectivity index (χ0n) is 8.00. The Labute approximate surface area is 91.6 Å². The van der Waals surface area contributed by atoms with Gasteiger partial charge in [0.1, 0.15) is 12.4 Å². The molecule has 0 N–H and O–H groups in total. The predicted molar refractivity (Wildman–Crippen MR) is 57.3 cm³/mol. The molecule has 1 rings (SSSR count). The van der Waals surface area contributed by atoms with Crippen LogP contribution in [-0.4, -0.2) is 17.4 Å². The van der Waals surface area contributed by atoms with Gasteiger partial charge in [-0.3, -0.25) is 9.78 Å². The Balaban J connectivity index is 2.41. The van der Waals surface area contributed by atoms with E-state index in [-0.39, 0.29) is 12.4 Å². The average molecular weight is 258 g/mol. The molecule has 0 atom stereocenters. The highest BCUT2D eigenvalue weighted by atomic mass is 79.9. The van der Waals surface area contributed by atoms with E-state index < -0.39 is 0 Å². The molecule has 0 saturated carbocycles. The van der Waals surface area contributed by atoms with Gasteiger partial charge >= 0.3 is 0 Å². The van der Waals surface area contributed by atoms with Gasteiger partial charge < -0.3 is 4.74 Å². The average Bonchev–Trinajstić information content (AvgIpc) is 2.15. The number of Topliss-reactive ketones (excluding diaryl/α,β-unsaturated/α-hetero) is 1. The predicted octanol–water partition coefficient (Wildman–Crippen LogP) is 2.59. The third-order valence-electron chi connectivity index (χ3n) is 1.61. The van der Waals surface area contributed by atoms with Crippen molar-refractivity contribution in [3.63, 3.8) is 0 Å². The van der Waals surface area contributed by atoms with Gasteiger partial charge in [-0.1, -0.05) is 6.92 Å². The number of ketones is 1. The van der Waals surface area contributed by atoms with E-state index in [2.05, 4.69) is 20.9 Å². The van der Waals surface area contributed by atoms with Crippen molar-refractivity contribution in [2.45, 2.75) is 19.8 Å². The van der Waals surface area contributed by atoms with Crippen LogP contribution in [0.5, 0.6) is 5.75 Å². The quantitative estimate of drug-likeness (QED) is 0.814. The van der Waals surface area contributed by atoms with Crippen LogP contribution in [0, 0.1) is 0 Å². The van der Waals surface area contributed by atoms with Crippen molar-refractivity contribution >= 4 is 21.7 Å². The van der Waals surface area contributed by atoms with Crippen molar-refractivity contribution in [2.24, 2.45) is 0 Å². The number of aromatic nitrogens is 1. The third-order valence-corrected chi connectivity index (χ3v) is 2.04. The van der Waals surface area contributed by atoms with E-state index in [1.54, 1.807) is 18.5 Å². The van der Waals surface area contributed by atoms with Gasteiger partial charge in [0.25, 0.3) is 0 Å². The van der Waals surface area contributed by atoms with Crippen LogP contribution in [0.15, 0.2) is 22.9 Å². The lowest BCUT2D eigenvalue weighted by Gasteiger charge is -2.04. The molecule has 1 aromatic heterocycles. The molecule has 0 saturated heterocycles. The van der Waals surface area contributed by atoms with Crippen molar-refractivity contribution in [3.8, 4) is 5.75 Å². The molecule has 0 radical (unpaired) electrons. The van der Waals surface area contributed by atoms with E-state index in [0.717, 1.165) is 10.9 Å². The summed E-state index contributed by atoms with van der Waals surface area (Å²) in [7, 11) is 0. The number of hydrogen-bond acceptors (Lipinski definition) is 3. The standard InChI is InChI=1S/C10H12BrNO2/c1-2-3-9(13)7-14-10-4-8(11)5-12-6-10/h4-6H,2-3,7H2,1H3. The summed E-state index contributed by atoms with van der Waals surface area (Å²) in [6.45, 7) is 2.10. The Morgan fingerprint density at radius 2 is 2.36 bits per heavy atom. The SMILES string of the molecule is CCCC(=O)COc1cncc(Br)c1. The highest BCUT2D eigenvalue weighted by molar-refractivity contribution is 9.10. The van der Waals surface area contributed by atoms with E-state index in [9.17, 15) is 4.79 Å². The maximum Gasteiger partial charge on any atom is 0.170 e. The van der Waals surface area contributed by atoms with E-state index in [1.165, 1.54) is 0 Å². The van der Waals surface area contributed by atoms with Crippen LogP contribution in [0.4, 0.5) is 0 Å². The van der Waals surface area contributed by atoms with Gasteiger partial charge in [-0.05, 0) is 28.4 Å². The number of halogens is 1. The first-order valence-corrected chi connectivity index (χ1v) is 5.26. The molecule has 0 amide bonds. The molecule has 0 spiro atoms. The third kappa shape index (κ3) is 3.87. The summed E-state index contributed by atoms with van der Waals surface area (Å²) in [6.07, 6.45) is 4.69. The van der Waals surface area contributed by atoms with Gasteiger partial charge in [0, 0.05) is 17.1 Å². The summed E-state index contributed by atoms with van der Waals surface area (Å²) < 4.78 is 6.10. The molecule has 1 heterocycles. The highest BCUT2D eigenvalue weighted by Gasteiger charge is 2.01. The Kier molecular flexibility index (Phi) is 4.59. The van der Waals surface area contributed by atoms with Crippen LogP contribution >= 0.6 is 15.9 Å². The lowest BCUT2D eigenvalue weighted by Crippen LogP contribution is -2.10. The van der Waals surface area contributed by atoms with Crippen molar-refractivity contribution in [1.29, 1.82) is 0 Å². The van der Waals surface area contributed by atoms with E-state index in [0.29, 0.717) is 12.2 Å². The number of carbonyl (C=O) groups excluding carboxylic acids is 1. The number of ether oxygens (including phenoxy) is 1. The molecule has 4 heteroatoms. The first kappa shape index (κ1) is 11.2. The van der Waals surface area contributed by atoms with Crippen molar-refractivity contribution in [2.75, 3.05) is 6.61 Å². The summed E-state index contributed by atoms with van der Waals surface area (Å²) >= 11 is 3.27. The second-order valence-electron chi connectivity index (χ2n) is 2.92.